The fourth-order valence-electron chi connectivity index (χ4n) is 4.13. The third kappa shape index (κ3) is 5.06. The molecule has 2 fully saturated rings. The summed E-state index contributed by atoms with van der Waals surface area (Å²) in [5.41, 5.74) is 0.307. The molecule has 0 aromatic heterocycles. The van der Waals surface area contributed by atoms with Crippen LogP contribution in [0.25, 0.3) is 0 Å². The minimum absolute atomic E-state index is 0.0255. The Kier molecular flexibility index (Phi) is 7.76. The van der Waals surface area contributed by atoms with Gasteiger partial charge in [0.2, 0.25) is 0 Å². The molecule has 1 N–H and O–H groups in total. The molecular formula is C20H36O3. The predicted molar refractivity (Wildman–Crippen MR) is 94.5 cm³/mol. The molecule has 0 amide bonds. The van der Waals surface area contributed by atoms with Crippen LogP contribution in [0.2, 0.25) is 0 Å². The minimum atomic E-state index is -0.663. The van der Waals surface area contributed by atoms with Gasteiger partial charge in [-0.3, -0.25) is 9.59 Å². The Hall–Kier alpha value is -0.860. The first kappa shape index (κ1) is 20.2. The number of unbranched alkanes of at least 4 members (excludes halogenated alkanes) is 6. The molecule has 2 bridgehead atoms. The molecule has 0 aromatic carbocycles. The third-order valence-electron chi connectivity index (χ3n) is 6.48. The number of fused-ring (bicyclic) bond motifs is 2. The summed E-state index contributed by atoms with van der Waals surface area (Å²) in [6.45, 7) is 8.87. The fourth-order valence-corrected chi connectivity index (χ4v) is 4.13. The van der Waals surface area contributed by atoms with E-state index in [2.05, 4.69) is 27.7 Å². The zero-order chi connectivity index (χ0) is 17.5. The summed E-state index contributed by atoms with van der Waals surface area (Å²) in [5, 5.41) is 8.35. The van der Waals surface area contributed by atoms with Gasteiger partial charge in [-0.1, -0.05) is 66.2 Å². The largest absolute Gasteiger partial charge is 0.481 e. The summed E-state index contributed by atoms with van der Waals surface area (Å²) in [6, 6.07) is 0. The number of aliphatic carboxylic acids is 1. The van der Waals surface area contributed by atoms with Crippen LogP contribution >= 0.6 is 0 Å². The van der Waals surface area contributed by atoms with Gasteiger partial charge < -0.3 is 5.11 Å². The second-order valence-corrected chi connectivity index (χ2v) is 8.18. The number of rotatable bonds is 8. The first-order chi connectivity index (χ1) is 10.8. The normalized spacial score (nSPS) is 27.7. The van der Waals surface area contributed by atoms with E-state index in [1.807, 2.05) is 0 Å². The van der Waals surface area contributed by atoms with E-state index >= 15 is 0 Å². The van der Waals surface area contributed by atoms with E-state index in [1.165, 1.54) is 38.5 Å². The van der Waals surface area contributed by atoms with Crippen LogP contribution in [-0.2, 0) is 9.59 Å². The quantitative estimate of drug-likeness (QED) is 0.590. The zero-order valence-corrected chi connectivity index (χ0v) is 15.6. The molecule has 2 aliphatic rings. The number of hydrogen-bond donors (Lipinski definition) is 1. The molecule has 0 aromatic rings. The van der Waals surface area contributed by atoms with Crippen molar-refractivity contribution in [1.29, 1.82) is 0 Å². The van der Waals surface area contributed by atoms with Crippen molar-refractivity contribution in [2.45, 2.75) is 98.3 Å². The summed E-state index contributed by atoms with van der Waals surface area (Å²) in [5.74, 6) is 0.530. The molecule has 0 radical (unpaired) electrons. The first-order valence-electron chi connectivity index (χ1n) is 9.50. The number of carboxylic acid groups (broad SMARTS) is 1. The maximum atomic E-state index is 11.6. The van der Waals surface area contributed by atoms with Gasteiger partial charge >= 0.3 is 5.97 Å². The summed E-state index contributed by atoms with van der Waals surface area (Å²) in [4.78, 5) is 21.7. The lowest BCUT2D eigenvalue weighted by atomic mass is 9.70. The minimum Gasteiger partial charge on any atom is -0.481 e. The van der Waals surface area contributed by atoms with Gasteiger partial charge in [-0.25, -0.2) is 0 Å². The van der Waals surface area contributed by atoms with Crippen molar-refractivity contribution < 1.29 is 14.7 Å². The van der Waals surface area contributed by atoms with Crippen molar-refractivity contribution in [3.05, 3.63) is 0 Å². The van der Waals surface area contributed by atoms with E-state index < -0.39 is 5.97 Å². The summed E-state index contributed by atoms with van der Waals surface area (Å²) < 4.78 is 0. The maximum Gasteiger partial charge on any atom is 0.303 e. The molecule has 2 rings (SSSR count). The van der Waals surface area contributed by atoms with Crippen LogP contribution in [-0.4, -0.2) is 16.9 Å². The van der Waals surface area contributed by atoms with Crippen LogP contribution in [0.5, 0.6) is 0 Å². The van der Waals surface area contributed by atoms with Gasteiger partial charge in [0.15, 0.2) is 0 Å². The van der Waals surface area contributed by atoms with Gasteiger partial charge in [0.05, 0.1) is 0 Å². The van der Waals surface area contributed by atoms with E-state index in [1.54, 1.807) is 0 Å². The number of Topliss-reactive ketones (excluding diaryl/α,β-unsaturated/α-hetero) is 1. The van der Waals surface area contributed by atoms with E-state index in [0.29, 0.717) is 18.1 Å². The Morgan fingerprint density at radius 3 is 2.00 bits per heavy atom. The third-order valence-corrected chi connectivity index (χ3v) is 6.48. The van der Waals surface area contributed by atoms with E-state index in [-0.39, 0.29) is 10.8 Å². The summed E-state index contributed by atoms with van der Waals surface area (Å²) >= 11 is 0. The molecule has 0 aliphatic heterocycles. The van der Waals surface area contributed by atoms with Crippen molar-refractivity contribution in [2.24, 2.45) is 16.7 Å². The van der Waals surface area contributed by atoms with Crippen molar-refractivity contribution in [2.75, 3.05) is 0 Å². The molecule has 3 nitrogen and oxygen atoms in total. The van der Waals surface area contributed by atoms with Gasteiger partial charge in [-0.2, -0.15) is 0 Å². The molecule has 0 heterocycles. The molecule has 0 spiro atoms. The Morgan fingerprint density at radius 1 is 1.09 bits per heavy atom. The summed E-state index contributed by atoms with van der Waals surface area (Å²) in [7, 11) is 0. The molecule has 23 heavy (non-hydrogen) atoms. The molecular weight excluding hydrogens is 288 g/mol. The smallest absolute Gasteiger partial charge is 0.303 e. The average molecular weight is 325 g/mol. The number of ketones is 1. The van der Waals surface area contributed by atoms with Crippen LogP contribution < -0.4 is 0 Å². The monoisotopic (exact) mass is 324 g/mol. The van der Waals surface area contributed by atoms with Gasteiger partial charge in [0, 0.05) is 18.3 Å². The molecule has 134 valence electrons. The Morgan fingerprint density at radius 2 is 1.65 bits per heavy atom. The standard InChI is InChI=1S/C10H20O2.C10H16O/c1-2-3-4-5-6-7-8-9-10(11)12;1-9(2)7-4-5-10(9,3)8(11)6-7/h2-9H2,1H3,(H,11,12);7H,4-6H2,1-3H3. The van der Waals surface area contributed by atoms with Gasteiger partial charge in [-0.15, -0.1) is 0 Å². The first-order valence-corrected chi connectivity index (χ1v) is 9.50. The van der Waals surface area contributed by atoms with Crippen molar-refractivity contribution in [3.8, 4) is 0 Å². The highest BCUT2D eigenvalue weighted by Crippen LogP contribution is 2.63. The second kappa shape index (κ2) is 8.84. The molecule has 2 aliphatic carbocycles. The Balaban J connectivity index is 0.000000230. The number of carboxylic acids is 1. The highest BCUT2D eigenvalue weighted by atomic mass is 16.4. The van der Waals surface area contributed by atoms with Gasteiger partial charge in [-0.05, 0) is 30.6 Å². The zero-order valence-electron chi connectivity index (χ0n) is 15.6. The number of hydrogen-bond acceptors (Lipinski definition) is 2. The van der Waals surface area contributed by atoms with Crippen molar-refractivity contribution in [3.63, 3.8) is 0 Å². The average Bonchev–Trinajstić information content (AvgIpc) is 2.80. The van der Waals surface area contributed by atoms with Crippen molar-refractivity contribution >= 4 is 11.8 Å². The lowest BCUT2D eigenvalue weighted by molar-refractivity contribution is -0.137. The molecule has 0 saturated heterocycles. The molecule has 2 atom stereocenters. The van der Waals surface area contributed by atoms with Crippen LogP contribution in [0.1, 0.15) is 98.3 Å². The van der Waals surface area contributed by atoms with Crippen LogP contribution in [0.15, 0.2) is 0 Å². The van der Waals surface area contributed by atoms with Crippen LogP contribution in [0, 0.1) is 16.7 Å². The highest BCUT2D eigenvalue weighted by Gasteiger charge is 2.61. The lowest BCUT2D eigenvalue weighted by Crippen LogP contribution is -2.32. The van der Waals surface area contributed by atoms with E-state index in [4.69, 9.17) is 5.11 Å². The predicted octanol–water partition coefficient (Wildman–Crippen LogP) is 5.61. The maximum absolute atomic E-state index is 11.6. The molecule has 3 heteroatoms. The number of carbonyl (C=O) groups is 2. The molecule has 2 unspecified atom stereocenters. The van der Waals surface area contributed by atoms with Gasteiger partial charge in [0.1, 0.15) is 5.78 Å². The summed E-state index contributed by atoms with van der Waals surface area (Å²) in [6.07, 6.45) is 11.9. The topological polar surface area (TPSA) is 54.4 Å². The van der Waals surface area contributed by atoms with E-state index in [9.17, 15) is 9.59 Å². The number of carbonyl (C=O) groups excluding carboxylic acids is 1. The SMILES string of the molecule is CC12CCC(CC1=O)C2(C)C.CCCCCCCCCC(=O)O. The Labute approximate surface area is 142 Å². The fraction of sp³-hybridized carbons (Fsp3) is 0.900. The molecule has 2 saturated carbocycles. The van der Waals surface area contributed by atoms with Crippen molar-refractivity contribution in [1.82, 2.24) is 0 Å². The van der Waals surface area contributed by atoms with Crippen LogP contribution in [0.4, 0.5) is 0 Å². The second-order valence-electron chi connectivity index (χ2n) is 8.18. The Bertz CT molecular complexity index is 400. The van der Waals surface area contributed by atoms with Gasteiger partial charge in [0.25, 0.3) is 0 Å². The van der Waals surface area contributed by atoms with Crippen LogP contribution in [0.3, 0.4) is 0 Å². The lowest BCUT2D eigenvalue weighted by Gasteiger charge is -2.32. The van der Waals surface area contributed by atoms with E-state index in [0.717, 1.165) is 25.7 Å². The highest BCUT2D eigenvalue weighted by molar-refractivity contribution is 5.89.